The van der Waals surface area contributed by atoms with Gasteiger partial charge < -0.3 is 0 Å². The first-order valence-corrected chi connectivity index (χ1v) is 2.51. The number of benzene rings is 1. The van der Waals surface area contributed by atoms with E-state index in [9.17, 15) is 13.2 Å². The standard InChI is InChI=1S/C7H3F3/c1-4-2-5(8)7(10)6(9)3-4/h1-3H. The summed E-state index contributed by atoms with van der Waals surface area (Å²) in [5, 5.41) is 0. The SMILES string of the molecule is [CH]c1cc(F)c(F)c(F)c1. The lowest BCUT2D eigenvalue weighted by Gasteiger charge is -1.95. The van der Waals surface area contributed by atoms with Crippen LogP contribution in [0, 0.1) is 24.4 Å². The summed E-state index contributed by atoms with van der Waals surface area (Å²) in [6.45, 7) is 4.98. The first kappa shape index (κ1) is 7.12. The van der Waals surface area contributed by atoms with Gasteiger partial charge in [-0.05, 0) is 24.6 Å². The largest absolute Gasteiger partial charge is 0.204 e. The molecule has 10 heavy (non-hydrogen) atoms. The predicted octanol–water partition coefficient (Wildman–Crippen LogP) is 2.16. The fourth-order valence-corrected chi connectivity index (χ4v) is 0.575. The molecule has 0 aliphatic heterocycles. The van der Waals surface area contributed by atoms with Gasteiger partial charge in [0.05, 0.1) is 0 Å². The Morgan fingerprint density at radius 3 is 1.80 bits per heavy atom. The van der Waals surface area contributed by atoms with E-state index in [1.54, 1.807) is 0 Å². The Kier molecular flexibility index (Phi) is 1.66. The monoisotopic (exact) mass is 144 g/mol. The van der Waals surface area contributed by atoms with E-state index in [1.807, 2.05) is 0 Å². The van der Waals surface area contributed by atoms with E-state index in [0.29, 0.717) is 0 Å². The smallest absolute Gasteiger partial charge is 0.194 e. The molecule has 0 amide bonds. The van der Waals surface area contributed by atoms with Crippen molar-refractivity contribution in [2.24, 2.45) is 0 Å². The van der Waals surface area contributed by atoms with Crippen molar-refractivity contribution in [1.29, 1.82) is 0 Å². The maximum atomic E-state index is 12.1. The molecule has 0 aliphatic rings. The van der Waals surface area contributed by atoms with Crippen molar-refractivity contribution in [3.8, 4) is 0 Å². The van der Waals surface area contributed by atoms with Crippen LogP contribution in [-0.4, -0.2) is 0 Å². The van der Waals surface area contributed by atoms with Crippen LogP contribution in [0.1, 0.15) is 5.56 Å². The molecule has 2 radical (unpaired) electrons. The normalized spacial score (nSPS) is 10.0. The zero-order valence-corrected chi connectivity index (χ0v) is 4.87. The zero-order chi connectivity index (χ0) is 7.72. The Hall–Kier alpha value is -0.990. The second-order valence-electron chi connectivity index (χ2n) is 1.80. The molecule has 0 N–H and O–H groups in total. The van der Waals surface area contributed by atoms with Gasteiger partial charge in [-0.1, -0.05) is 0 Å². The van der Waals surface area contributed by atoms with Crippen LogP contribution in [0.5, 0.6) is 0 Å². The van der Waals surface area contributed by atoms with Crippen LogP contribution < -0.4 is 0 Å². The van der Waals surface area contributed by atoms with Crippen LogP contribution in [0.4, 0.5) is 13.2 Å². The van der Waals surface area contributed by atoms with Gasteiger partial charge >= 0.3 is 0 Å². The van der Waals surface area contributed by atoms with Crippen molar-refractivity contribution in [2.75, 3.05) is 0 Å². The molecule has 1 aromatic carbocycles. The van der Waals surface area contributed by atoms with E-state index in [-0.39, 0.29) is 5.56 Å². The molecule has 52 valence electrons. The van der Waals surface area contributed by atoms with Crippen LogP contribution in [0.3, 0.4) is 0 Å². The van der Waals surface area contributed by atoms with Crippen molar-refractivity contribution in [3.63, 3.8) is 0 Å². The third-order valence-electron chi connectivity index (χ3n) is 1.01. The zero-order valence-electron chi connectivity index (χ0n) is 4.87. The van der Waals surface area contributed by atoms with Gasteiger partial charge in [0.25, 0.3) is 0 Å². The average molecular weight is 144 g/mol. The van der Waals surface area contributed by atoms with Crippen molar-refractivity contribution >= 4 is 0 Å². The van der Waals surface area contributed by atoms with E-state index >= 15 is 0 Å². The quantitative estimate of drug-likeness (QED) is 0.489. The Balaban J connectivity index is 3.31. The van der Waals surface area contributed by atoms with Crippen molar-refractivity contribution < 1.29 is 13.2 Å². The van der Waals surface area contributed by atoms with Gasteiger partial charge in [-0.3, -0.25) is 0 Å². The molecule has 0 aliphatic carbocycles. The van der Waals surface area contributed by atoms with Crippen LogP contribution >= 0.6 is 0 Å². The van der Waals surface area contributed by atoms with E-state index < -0.39 is 17.5 Å². The Bertz CT molecular complexity index is 232. The second kappa shape index (κ2) is 2.33. The number of halogens is 3. The van der Waals surface area contributed by atoms with Crippen molar-refractivity contribution in [2.45, 2.75) is 0 Å². The Labute approximate surface area is 56.3 Å². The van der Waals surface area contributed by atoms with E-state index in [4.69, 9.17) is 6.92 Å². The molecule has 0 aromatic heterocycles. The van der Waals surface area contributed by atoms with Gasteiger partial charge in [0, 0.05) is 0 Å². The molecule has 0 atom stereocenters. The van der Waals surface area contributed by atoms with E-state index in [0.717, 1.165) is 12.1 Å². The average Bonchev–Trinajstić information content (AvgIpc) is 1.82. The van der Waals surface area contributed by atoms with Gasteiger partial charge in [-0.25, -0.2) is 13.2 Å². The summed E-state index contributed by atoms with van der Waals surface area (Å²) in [4.78, 5) is 0. The Morgan fingerprint density at radius 1 is 1.00 bits per heavy atom. The molecule has 0 bridgehead atoms. The minimum atomic E-state index is -1.49. The summed E-state index contributed by atoms with van der Waals surface area (Å²) >= 11 is 0. The summed E-state index contributed by atoms with van der Waals surface area (Å²) in [5.74, 6) is -4.02. The maximum absolute atomic E-state index is 12.1. The van der Waals surface area contributed by atoms with Gasteiger partial charge in [0.15, 0.2) is 17.5 Å². The maximum Gasteiger partial charge on any atom is 0.194 e. The van der Waals surface area contributed by atoms with Crippen LogP contribution in [0.2, 0.25) is 0 Å². The third kappa shape index (κ3) is 1.12. The van der Waals surface area contributed by atoms with E-state index in [2.05, 4.69) is 0 Å². The third-order valence-corrected chi connectivity index (χ3v) is 1.01. The molecule has 1 aromatic rings. The first-order chi connectivity index (χ1) is 4.61. The lowest BCUT2D eigenvalue weighted by molar-refractivity contribution is 0.446. The lowest BCUT2D eigenvalue weighted by Crippen LogP contribution is -1.90. The highest BCUT2D eigenvalue weighted by Gasteiger charge is 2.07. The lowest BCUT2D eigenvalue weighted by atomic mass is 10.2. The molecule has 0 nitrogen and oxygen atoms in total. The number of rotatable bonds is 0. The fraction of sp³-hybridized carbons (Fsp3) is 0. The second-order valence-corrected chi connectivity index (χ2v) is 1.80. The highest BCUT2D eigenvalue weighted by Crippen LogP contribution is 2.11. The van der Waals surface area contributed by atoms with E-state index in [1.165, 1.54) is 0 Å². The predicted molar refractivity (Wildman–Crippen MR) is 29.7 cm³/mol. The van der Waals surface area contributed by atoms with Gasteiger partial charge in [-0.15, -0.1) is 0 Å². The molecule has 0 saturated heterocycles. The van der Waals surface area contributed by atoms with Crippen molar-refractivity contribution in [3.05, 3.63) is 42.1 Å². The molecule has 0 unspecified atom stereocenters. The van der Waals surface area contributed by atoms with Crippen LogP contribution in [-0.2, 0) is 0 Å². The fourth-order valence-electron chi connectivity index (χ4n) is 0.575. The molecule has 0 saturated carbocycles. The topological polar surface area (TPSA) is 0 Å². The Morgan fingerprint density at radius 2 is 1.40 bits per heavy atom. The molecule has 0 spiro atoms. The van der Waals surface area contributed by atoms with Crippen LogP contribution in [0.25, 0.3) is 0 Å². The molecular formula is C7H3F3. The van der Waals surface area contributed by atoms with Gasteiger partial charge in [-0.2, -0.15) is 0 Å². The summed E-state index contributed by atoms with van der Waals surface area (Å²) < 4.78 is 36.4. The van der Waals surface area contributed by atoms with Gasteiger partial charge in [0.2, 0.25) is 0 Å². The molecule has 0 fully saturated rings. The summed E-state index contributed by atoms with van der Waals surface area (Å²) in [6, 6.07) is 1.44. The number of hydrogen-bond donors (Lipinski definition) is 0. The molecular weight excluding hydrogens is 141 g/mol. The summed E-state index contributed by atoms with van der Waals surface area (Å²) in [6.07, 6.45) is 0. The molecule has 0 heterocycles. The summed E-state index contributed by atoms with van der Waals surface area (Å²) in [5.41, 5.74) is -0.128. The molecule has 1 rings (SSSR count). The summed E-state index contributed by atoms with van der Waals surface area (Å²) in [7, 11) is 0. The van der Waals surface area contributed by atoms with Crippen molar-refractivity contribution in [1.82, 2.24) is 0 Å². The van der Waals surface area contributed by atoms with Crippen LogP contribution in [0.15, 0.2) is 12.1 Å². The number of hydrogen-bond acceptors (Lipinski definition) is 0. The highest BCUT2D eigenvalue weighted by atomic mass is 19.2. The minimum Gasteiger partial charge on any atom is -0.204 e. The molecule has 3 heteroatoms. The highest BCUT2D eigenvalue weighted by molar-refractivity contribution is 5.21. The minimum absolute atomic E-state index is 0.128. The van der Waals surface area contributed by atoms with Gasteiger partial charge in [0.1, 0.15) is 0 Å². The first-order valence-electron chi connectivity index (χ1n) is 2.51.